The second kappa shape index (κ2) is 15.8. The van der Waals surface area contributed by atoms with E-state index in [4.69, 9.17) is 4.74 Å². The number of rotatable bonds is 14. The van der Waals surface area contributed by atoms with E-state index < -0.39 is 29.2 Å². The number of aliphatic hydroxyl groups excluding tert-OH is 1. The lowest BCUT2D eigenvalue weighted by molar-refractivity contribution is -0.123. The second-order valence-electron chi connectivity index (χ2n) is 12.3. The Bertz CT molecular complexity index is 1580. The predicted molar refractivity (Wildman–Crippen MR) is 183 cm³/mol. The van der Waals surface area contributed by atoms with Crippen molar-refractivity contribution in [3.63, 3.8) is 0 Å². The fourth-order valence-corrected chi connectivity index (χ4v) is 6.42. The normalized spacial score (nSPS) is 12.9. The predicted octanol–water partition coefficient (Wildman–Crippen LogP) is 7.31. The number of hydrogen-bond donors (Lipinski definition) is 3. The van der Waals surface area contributed by atoms with Crippen molar-refractivity contribution in [2.24, 2.45) is 0 Å². The molecule has 3 N–H and O–H groups in total. The van der Waals surface area contributed by atoms with E-state index in [1.807, 2.05) is 88.4 Å². The number of aliphatic hydroxyl groups is 1. The van der Waals surface area contributed by atoms with E-state index in [1.54, 1.807) is 0 Å². The van der Waals surface area contributed by atoms with Crippen molar-refractivity contribution in [3.8, 4) is 5.75 Å². The first-order valence-corrected chi connectivity index (χ1v) is 16.1. The Morgan fingerprint density at radius 1 is 0.911 bits per heavy atom. The molecule has 0 spiro atoms. The number of ether oxygens (including phenoxy) is 1. The summed E-state index contributed by atoms with van der Waals surface area (Å²) < 4.78 is 35.5. The van der Waals surface area contributed by atoms with Crippen molar-refractivity contribution in [2.45, 2.75) is 71.2 Å². The van der Waals surface area contributed by atoms with Gasteiger partial charge >= 0.3 is 0 Å². The molecule has 0 saturated heterocycles. The minimum absolute atomic E-state index is 0.0575. The summed E-state index contributed by atoms with van der Waals surface area (Å²) in [6.45, 7) is 9.11. The van der Waals surface area contributed by atoms with Crippen molar-refractivity contribution < 1.29 is 23.4 Å². The quantitative estimate of drug-likeness (QED) is 0.119. The van der Waals surface area contributed by atoms with Gasteiger partial charge in [0.2, 0.25) is 5.91 Å². The van der Waals surface area contributed by atoms with Gasteiger partial charge in [-0.3, -0.25) is 4.79 Å². The molecule has 0 aliphatic rings. The molecule has 8 heteroatoms. The van der Waals surface area contributed by atoms with Crippen LogP contribution >= 0.6 is 22.6 Å². The number of benzene rings is 4. The summed E-state index contributed by atoms with van der Waals surface area (Å²) in [4.78, 5) is 13.6. The van der Waals surface area contributed by atoms with Crippen LogP contribution in [0.2, 0.25) is 0 Å². The molecule has 4 aromatic rings. The average Bonchev–Trinajstić information content (AvgIpc) is 2.95. The Morgan fingerprint density at radius 2 is 1.60 bits per heavy atom. The topological polar surface area (TPSA) is 70.6 Å². The zero-order valence-corrected chi connectivity index (χ0v) is 28.3. The summed E-state index contributed by atoms with van der Waals surface area (Å²) >= 11 is 2.25. The van der Waals surface area contributed by atoms with Crippen LogP contribution in [0, 0.1) is 29.1 Å². The van der Waals surface area contributed by atoms with E-state index in [0.29, 0.717) is 18.7 Å². The summed E-state index contributed by atoms with van der Waals surface area (Å²) in [5.41, 5.74) is 4.83. The molecule has 1 amide bonds. The molecule has 2 unspecified atom stereocenters. The van der Waals surface area contributed by atoms with Gasteiger partial charge in [0.1, 0.15) is 24.0 Å². The zero-order chi connectivity index (χ0) is 32.6. The van der Waals surface area contributed by atoms with E-state index in [-0.39, 0.29) is 25.3 Å². The van der Waals surface area contributed by atoms with Crippen LogP contribution in [0.4, 0.5) is 8.78 Å². The molecule has 2 atom stereocenters. The maximum absolute atomic E-state index is 14.0. The molecule has 0 bridgehead atoms. The molecule has 45 heavy (non-hydrogen) atoms. The van der Waals surface area contributed by atoms with Crippen LogP contribution in [0.5, 0.6) is 5.75 Å². The Balaban J connectivity index is 1.50. The molecule has 4 rings (SSSR count). The number of amides is 1. The molecule has 238 valence electrons. The van der Waals surface area contributed by atoms with Crippen LogP contribution in [0.1, 0.15) is 53.6 Å². The minimum Gasteiger partial charge on any atom is -0.489 e. The summed E-state index contributed by atoms with van der Waals surface area (Å²) in [6.07, 6.45) is -0.853. The maximum Gasteiger partial charge on any atom is 0.221 e. The highest BCUT2D eigenvalue weighted by atomic mass is 127. The molecular weight excluding hydrogens is 685 g/mol. The van der Waals surface area contributed by atoms with Crippen LogP contribution in [0.25, 0.3) is 0 Å². The Morgan fingerprint density at radius 3 is 2.29 bits per heavy atom. The minimum atomic E-state index is -1.02. The Hall–Kier alpha value is -3.34. The van der Waals surface area contributed by atoms with Crippen LogP contribution in [0.15, 0.2) is 84.9 Å². The van der Waals surface area contributed by atoms with Gasteiger partial charge in [0.05, 0.1) is 12.1 Å². The van der Waals surface area contributed by atoms with E-state index in [0.717, 1.165) is 43.2 Å². The van der Waals surface area contributed by atoms with Crippen molar-refractivity contribution in [1.29, 1.82) is 0 Å². The van der Waals surface area contributed by atoms with E-state index in [1.165, 1.54) is 12.1 Å². The van der Waals surface area contributed by atoms with E-state index >= 15 is 0 Å². The van der Waals surface area contributed by atoms with Gasteiger partial charge in [0, 0.05) is 40.1 Å². The molecule has 4 aromatic carbocycles. The molecule has 0 fully saturated rings. The third kappa shape index (κ3) is 10.3. The maximum atomic E-state index is 14.0. The summed E-state index contributed by atoms with van der Waals surface area (Å²) in [6, 6.07) is 24.5. The Labute approximate surface area is 278 Å². The molecule has 0 saturated carbocycles. The SMILES string of the molecule is Cc1cc(C)c(C(C)(C)CC(=O)NC(Cc2cc(F)cc(F)c2)C(O)CNCc2cccc(I)c2)c(OCc2ccccc2)c1. The number of carbonyl (C=O) groups excluding carboxylic acids is 1. The van der Waals surface area contributed by atoms with Gasteiger partial charge in [0.15, 0.2) is 0 Å². The lowest BCUT2D eigenvalue weighted by atomic mass is 9.78. The number of aryl methyl sites for hydroxylation is 2. The van der Waals surface area contributed by atoms with Crippen LogP contribution in [0.3, 0.4) is 0 Å². The largest absolute Gasteiger partial charge is 0.489 e. The Kier molecular flexibility index (Phi) is 12.1. The third-order valence-corrected chi connectivity index (χ3v) is 8.39. The van der Waals surface area contributed by atoms with Crippen LogP contribution in [-0.2, 0) is 29.8 Å². The van der Waals surface area contributed by atoms with Crippen molar-refractivity contribution in [3.05, 3.63) is 134 Å². The van der Waals surface area contributed by atoms with Gasteiger partial charge in [-0.15, -0.1) is 0 Å². The monoisotopic (exact) mass is 726 g/mol. The first kappa shape index (κ1) is 34.5. The smallest absolute Gasteiger partial charge is 0.221 e. The van der Waals surface area contributed by atoms with E-state index in [2.05, 4.69) is 39.3 Å². The molecule has 0 aromatic heterocycles. The average molecular weight is 727 g/mol. The highest BCUT2D eigenvalue weighted by Gasteiger charge is 2.31. The first-order chi connectivity index (χ1) is 21.4. The number of halogens is 3. The highest BCUT2D eigenvalue weighted by molar-refractivity contribution is 14.1. The van der Waals surface area contributed by atoms with Gasteiger partial charge in [-0.1, -0.05) is 62.4 Å². The van der Waals surface area contributed by atoms with Crippen molar-refractivity contribution >= 4 is 28.5 Å². The fourth-order valence-electron chi connectivity index (χ4n) is 5.81. The lowest BCUT2D eigenvalue weighted by Crippen LogP contribution is -2.49. The van der Waals surface area contributed by atoms with Gasteiger partial charge in [-0.25, -0.2) is 8.78 Å². The highest BCUT2D eigenvalue weighted by Crippen LogP contribution is 2.38. The number of hydrogen-bond acceptors (Lipinski definition) is 4. The standard InChI is InChI=1S/C37H41F2IN2O3/c1-24-13-25(2)36(34(14-24)45-23-26-9-6-5-7-10-26)37(3,4)20-35(44)42-32(18-28-15-29(38)19-30(39)16-28)33(43)22-41-21-27-11-8-12-31(40)17-27/h5-17,19,32-33,41,43H,18,20-23H2,1-4H3,(H,42,44). The fraction of sp³-hybridized carbons (Fsp3) is 0.324. The molecule has 5 nitrogen and oxygen atoms in total. The van der Waals surface area contributed by atoms with E-state index in [9.17, 15) is 18.7 Å². The van der Waals surface area contributed by atoms with Crippen LogP contribution in [-0.4, -0.2) is 29.7 Å². The van der Waals surface area contributed by atoms with Gasteiger partial charge in [-0.05, 0) is 101 Å². The number of carbonyl (C=O) groups is 1. The van der Waals surface area contributed by atoms with Crippen molar-refractivity contribution in [2.75, 3.05) is 6.54 Å². The zero-order valence-electron chi connectivity index (χ0n) is 26.2. The molecule has 0 aliphatic heterocycles. The lowest BCUT2D eigenvalue weighted by Gasteiger charge is -2.31. The number of nitrogens with one attached hydrogen (secondary N) is 2. The van der Waals surface area contributed by atoms with Gasteiger partial charge in [-0.2, -0.15) is 0 Å². The second-order valence-corrected chi connectivity index (χ2v) is 13.5. The third-order valence-electron chi connectivity index (χ3n) is 7.72. The van der Waals surface area contributed by atoms with Crippen LogP contribution < -0.4 is 15.4 Å². The van der Waals surface area contributed by atoms with Gasteiger partial charge < -0.3 is 20.5 Å². The molecule has 0 aliphatic carbocycles. The summed E-state index contributed by atoms with van der Waals surface area (Å²) in [7, 11) is 0. The summed E-state index contributed by atoms with van der Waals surface area (Å²) in [5, 5.41) is 17.4. The summed E-state index contributed by atoms with van der Waals surface area (Å²) in [5.74, 6) is -0.978. The molecular formula is C37H41F2IN2O3. The molecule has 0 radical (unpaired) electrons. The van der Waals surface area contributed by atoms with Crippen molar-refractivity contribution in [1.82, 2.24) is 10.6 Å². The molecule has 0 heterocycles. The first-order valence-electron chi connectivity index (χ1n) is 15.1. The van der Waals surface area contributed by atoms with Gasteiger partial charge in [0.25, 0.3) is 0 Å².